The van der Waals surface area contributed by atoms with Crippen molar-refractivity contribution < 1.29 is 17.6 Å². The first kappa shape index (κ1) is 21.3. The van der Waals surface area contributed by atoms with E-state index in [-0.39, 0.29) is 21.8 Å². The molecule has 0 bridgehead atoms. The molecule has 0 fully saturated rings. The number of hydrogen-bond acceptors (Lipinski definition) is 7. The normalized spacial score (nSPS) is 11.6. The average Bonchev–Trinajstić information content (AvgIpc) is 3.16. The van der Waals surface area contributed by atoms with Gasteiger partial charge in [-0.25, -0.2) is 12.7 Å². The lowest BCUT2D eigenvalue weighted by Crippen LogP contribution is -2.22. The van der Waals surface area contributed by atoms with Gasteiger partial charge < -0.3 is 9.73 Å². The number of hydrogen-bond donors (Lipinski definition) is 1. The van der Waals surface area contributed by atoms with Crippen molar-refractivity contribution in [1.82, 2.24) is 14.5 Å². The van der Waals surface area contributed by atoms with E-state index in [4.69, 9.17) is 16.0 Å². The second-order valence-corrected chi connectivity index (χ2v) is 9.55. The summed E-state index contributed by atoms with van der Waals surface area (Å²) in [5.74, 6) is 0.0726. The molecule has 0 radical (unpaired) electrons. The summed E-state index contributed by atoms with van der Waals surface area (Å²) in [5.41, 5.74) is 1.17. The molecular weight excluding hydrogens is 436 g/mol. The van der Waals surface area contributed by atoms with Crippen LogP contribution in [0.25, 0.3) is 11.5 Å². The van der Waals surface area contributed by atoms with Crippen molar-refractivity contribution in [2.24, 2.45) is 0 Å². The zero-order chi connectivity index (χ0) is 21.0. The molecule has 0 aliphatic carbocycles. The Bertz CT molecular complexity index is 1110. The SMILES string of the molecule is CN(C)S(=O)(=O)c1ccc(NC(=O)CSc2nnc(-c3cccc(Cl)c3)o2)cc1. The van der Waals surface area contributed by atoms with Crippen molar-refractivity contribution in [2.75, 3.05) is 25.2 Å². The van der Waals surface area contributed by atoms with Crippen molar-refractivity contribution in [1.29, 1.82) is 0 Å². The van der Waals surface area contributed by atoms with Crippen molar-refractivity contribution in [3.8, 4) is 11.5 Å². The van der Waals surface area contributed by atoms with E-state index in [9.17, 15) is 13.2 Å². The summed E-state index contributed by atoms with van der Waals surface area (Å²) in [5, 5.41) is 11.4. The van der Waals surface area contributed by atoms with Gasteiger partial charge in [0.15, 0.2) is 0 Å². The molecule has 1 heterocycles. The Morgan fingerprint density at radius 1 is 1.17 bits per heavy atom. The second kappa shape index (κ2) is 8.95. The molecule has 1 aromatic heterocycles. The van der Waals surface area contributed by atoms with Gasteiger partial charge in [0.05, 0.1) is 10.6 Å². The van der Waals surface area contributed by atoms with Crippen LogP contribution in [0.5, 0.6) is 0 Å². The molecule has 2 aromatic carbocycles. The van der Waals surface area contributed by atoms with E-state index in [1.807, 2.05) is 0 Å². The van der Waals surface area contributed by atoms with E-state index in [2.05, 4.69) is 15.5 Å². The Morgan fingerprint density at radius 2 is 1.90 bits per heavy atom. The number of sulfonamides is 1. The summed E-state index contributed by atoms with van der Waals surface area (Å²) in [6.45, 7) is 0. The standard InChI is InChI=1S/C18H17ClN4O4S2/c1-23(2)29(25,26)15-8-6-14(7-9-15)20-16(24)11-28-18-22-21-17(27-18)12-4-3-5-13(19)10-12/h3-10H,11H2,1-2H3,(H,20,24). The van der Waals surface area contributed by atoms with Crippen molar-refractivity contribution in [3.05, 3.63) is 53.6 Å². The van der Waals surface area contributed by atoms with E-state index < -0.39 is 10.0 Å². The van der Waals surface area contributed by atoms with Crippen LogP contribution >= 0.6 is 23.4 Å². The van der Waals surface area contributed by atoms with E-state index >= 15 is 0 Å². The summed E-state index contributed by atoms with van der Waals surface area (Å²) in [7, 11) is -0.599. The topological polar surface area (TPSA) is 105 Å². The number of amides is 1. The quantitative estimate of drug-likeness (QED) is 0.548. The van der Waals surface area contributed by atoms with Gasteiger partial charge >= 0.3 is 0 Å². The molecule has 11 heteroatoms. The van der Waals surface area contributed by atoms with Crippen LogP contribution in [0, 0.1) is 0 Å². The van der Waals surface area contributed by atoms with Crippen LogP contribution in [0.4, 0.5) is 5.69 Å². The van der Waals surface area contributed by atoms with Gasteiger partial charge in [-0.2, -0.15) is 0 Å². The fourth-order valence-corrected chi connectivity index (χ4v) is 3.91. The number of nitrogens with zero attached hydrogens (tertiary/aromatic N) is 3. The molecule has 0 unspecified atom stereocenters. The van der Waals surface area contributed by atoms with Crippen LogP contribution in [0.2, 0.25) is 5.02 Å². The second-order valence-electron chi connectivity index (χ2n) is 6.03. The number of thioether (sulfide) groups is 1. The minimum Gasteiger partial charge on any atom is -0.411 e. The van der Waals surface area contributed by atoms with Gasteiger partial charge in [-0.05, 0) is 42.5 Å². The van der Waals surface area contributed by atoms with Gasteiger partial charge in [-0.3, -0.25) is 4.79 Å². The predicted octanol–water partition coefficient (Wildman–Crippen LogP) is 3.37. The third-order valence-corrected chi connectivity index (χ3v) is 6.60. The van der Waals surface area contributed by atoms with Gasteiger partial charge in [0.1, 0.15) is 0 Å². The monoisotopic (exact) mass is 452 g/mol. The Kier molecular flexibility index (Phi) is 6.58. The van der Waals surface area contributed by atoms with Crippen LogP contribution in [0.15, 0.2) is 63.1 Å². The first-order valence-corrected chi connectivity index (χ1v) is 11.1. The molecule has 3 aromatic rings. The molecule has 1 amide bonds. The maximum absolute atomic E-state index is 12.1. The van der Waals surface area contributed by atoms with Gasteiger partial charge in [-0.15, -0.1) is 10.2 Å². The van der Waals surface area contributed by atoms with Gasteiger partial charge in [0.25, 0.3) is 5.22 Å². The van der Waals surface area contributed by atoms with Crippen molar-refractivity contribution >= 4 is 45.0 Å². The fourth-order valence-electron chi connectivity index (χ4n) is 2.25. The van der Waals surface area contributed by atoms with E-state index in [1.165, 1.54) is 38.4 Å². The highest BCUT2D eigenvalue weighted by Gasteiger charge is 2.17. The summed E-state index contributed by atoms with van der Waals surface area (Å²) < 4.78 is 30.8. The predicted molar refractivity (Wildman–Crippen MR) is 111 cm³/mol. The van der Waals surface area contributed by atoms with Crippen LogP contribution in [-0.2, 0) is 14.8 Å². The molecule has 152 valence electrons. The summed E-state index contributed by atoms with van der Waals surface area (Å²) in [6.07, 6.45) is 0. The molecule has 0 spiro atoms. The Morgan fingerprint density at radius 3 is 2.55 bits per heavy atom. The maximum Gasteiger partial charge on any atom is 0.277 e. The lowest BCUT2D eigenvalue weighted by molar-refractivity contribution is -0.113. The molecule has 1 N–H and O–H groups in total. The maximum atomic E-state index is 12.1. The molecular formula is C18H17ClN4O4S2. The zero-order valence-electron chi connectivity index (χ0n) is 15.5. The van der Waals surface area contributed by atoms with Crippen LogP contribution in [0.1, 0.15) is 0 Å². The number of anilines is 1. The van der Waals surface area contributed by atoms with Gasteiger partial charge in [0.2, 0.25) is 21.8 Å². The molecule has 8 nitrogen and oxygen atoms in total. The van der Waals surface area contributed by atoms with Crippen LogP contribution in [-0.4, -0.2) is 48.7 Å². The third kappa shape index (κ3) is 5.36. The number of carbonyl (C=O) groups is 1. The summed E-state index contributed by atoms with van der Waals surface area (Å²) >= 11 is 7.04. The number of halogens is 1. The average molecular weight is 453 g/mol. The molecule has 0 atom stereocenters. The minimum absolute atomic E-state index is 0.0505. The molecule has 0 aliphatic heterocycles. The van der Waals surface area contributed by atoms with E-state index in [1.54, 1.807) is 24.3 Å². The van der Waals surface area contributed by atoms with E-state index in [0.717, 1.165) is 16.1 Å². The molecule has 0 saturated heterocycles. The highest BCUT2D eigenvalue weighted by atomic mass is 35.5. The summed E-state index contributed by atoms with van der Waals surface area (Å²) in [4.78, 5) is 12.3. The van der Waals surface area contributed by atoms with Crippen molar-refractivity contribution in [2.45, 2.75) is 10.1 Å². The molecule has 29 heavy (non-hydrogen) atoms. The largest absolute Gasteiger partial charge is 0.411 e. The lowest BCUT2D eigenvalue weighted by Gasteiger charge is -2.11. The van der Waals surface area contributed by atoms with Crippen molar-refractivity contribution in [3.63, 3.8) is 0 Å². The number of benzene rings is 2. The molecule has 0 saturated carbocycles. The molecule has 0 aliphatic rings. The Balaban J connectivity index is 1.57. The fraction of sp³-hybridized carbons (Fsp3) is 0.167. The minimum atomic E-state index is -3.51. The van der Waals surface area contributed by atoms with E-state index in [0.29, 0.717) is 22.2 Å². The summed E-state index contributed by atoms with van der Waals surface area (Å²) in [6, 6.07) is 12.9. The lowest BCUT2D eigenvalue weighted by atomic mass is 10.2. The van der Waals surface area contributed by atoms with Gasteiger partial charge in [0, 0.05) is 30.4 Å². The third-order valence-electron chi connectivity index (χ3n) is 3.72. The number of aromatic nitrogens is 2. The Labute approximate surface area is 177 Å². The smallest absolute Gasteiger partial charge is 0.277 e. The highest BCUT2D eigenvalue weighted by Crippen LogP contribution is 2.25. The number of nitrogens with one attached hydrogen (secondary N) is 1. The number of rotatable bonds is 7. The Hall–Kier alpha value is -2.40. The first-order chi connectivity index (χ1) is 13.8. The first-order valence-electron chi connectivity index (χ1n) is 8.30. The zero-order valence-corrected chi connectivity index (χ0v) is 17.9. The highest BCUT2D eigenvalue weighted by molar-refractivity contribution is 7.99. The number of carbonyl (C=O) groups excluding carboxylic acids is 1. The van der Waals surface area contributed by atoms with Crippen LogP contribution < -0.4 is 5.32 Å². The molecule has 3 rings (SSSR count). The van der Waals surface area contributed by atoms with Gasteiger partial charge in [-0.1, -0.05) is 29.4 Å². The van der Waals surface area contributed by atoms with Crippen LogP contribution in [0.3, 0.4) is 0 Å².